The topological polar surface area (TPSA) is 0 Å². The highest BCUT2D eigenvalue weighted by Gasteiger charge is 2.47. The van der Waals surface area contributed by atoms with Gasteiger partial charge in [-0.2, -0.15) is 0 Å². The van der Waals surface area contributed by atoms with Crippen LogP contribution >= 0.6 is 0 Å². The van der Waals surface area contributed by atoms with Gasteiger partial charge in [0.15, 0.2) is 0 Å². The van der Waals surface area contributed by atoms with E-state index < -0.39 is 0 Å². The van der Waals surface area contributed by atoms with Gasteiger partial charge in [0.25, 0.3) is 0 Å². The molecule has 0 heteroatoms. The molecule has 2 fully saturated rings. The Balaban J connectivity index is 1.97. The minimum atomic E-state index is 0.543. The Morgan fingerprint density at radius 1 is 1.05 bits per heavy atom. The third-order valence-corrected chi connectivity index (χ3v) is 7.52. The highest BCUT2D eigenvalue weighted by molar-refractivity contribution is 5.22. The van der Waals surface area contributed by atoms with Crippen molar-refractivity contribution >= 4 is 0 Å². The fourth-order valence-corrected chi connectivity index (χ4v) is 5.44. The normalized spacial score (nSPS) is 49.4. The first kappa shape index (κ1) is 14.7. The van der Waals surface area contributed by atoms with E-state index in [0.29, 0.717) is 10.8 Å². The van der Waals surface area contributed by atoms with Crippen LogP contribution in [0.5, 0.6) is 0 Å². The summed E-state index contributed by atoms with van der Waals surface area (Å²) in [6.45, 7) is 10.2. The van der Waals surface area contributed by atoms with Crippen LogP contribution in [0.25, 0.3) is 0 Å². The molecule has 0 saturated heterocycles. The SMILES string of the molecule is CC1CCC2(C)C(=CCC3(C)CC2CCCCC3C)C1. The van der Waals surface area contributed by atoms with E-state index in [-0.39, 0.29) is 0 Å². The van der Waals surface area contributed by atoms with Gasteiger partial charge in [0.05, 0.1) is 0 Å². The Morgan fingerprint density at radius 3 is 2.60 bits per heavy atom. The van der Waals surface area contributed by atoms with Gasteiger partial charge in [-0.15, -0.1) is 0 Å². The number of rotatable bonds is 0. The molecule has 3 aliphatic carbocycles. The van der Waals surface area contributed by atoms with Crippen LogP contribution in [0.2, 0.25) is 0 Å². The zero-order valence-electron chi connectivity index (χ0n) is 14.2. The van der Waals surface area contributed by atoms with Gasteiger partial charge in [-0.25, -0.2) is 0 Å². The smallest absolute Gasteiger partial charge is 0.00877 e. The summed E-state index contributed by atoms with van der Waals surface area (Å²) in [5.74, 6) is 2.78. The third kappa shape index (κ3) is 2.38. The third-order valence-electron chi connectivity index (χ3n) is 7.52. The molecule has 0 aromatic carbocycles. The van der Waals surface area contributed by atoms with Gasteiger partial charge in [-0.3, -0.25) is 0 Å². The minimum Gasteiger partial charge on any atom is -0.0842 e. The zero-order chi connectivity index (χ0) is 14.4. The average molecular weight is 274 g/mol. The van der Waals surface area contributed by atoms with Crippen LogP contribution in [-0.4, -0.2) is 0 Å². The van der Waals surface area contributed by atoms with Gasteiger partial charge < -0.3 is 0 Å². The summed E-state index contributed by atoms with van der Waals surface area (Å²) in [5, 5.41) is 0. The van der Waals surface area contributed by atoms with E-state index in [4.69, 9.17) is 0 Å². The Hall–Kier alpha value is -0.260. The van der Waals surface area contributed by atoms with E-state index in [0.717, 1.165) is 17.8 Å². The highest BCUT2D eigenvalue weighted by atomic mass is 14.5. The molecule has 3 aliphatic rings. The molecule has 2 bridgehead atoms. The maximum Gasteiger partial charge on any atom is -0.00877 e. The summed E-state index contributed by atoms with van der Waals surface area (Å²) in [4.78, 5) is 0. The van der Waals surface area contributed by atoms with Crippen molar-refractivity contribution in [1.29, 1.82) is 0 Å². The summed E-state index contributed by atoms with van der Waals surface area (Å²) >= 11 is 0. The lowest BCUT2D eigenvalue weighted by Crippen LogP contribution is -2.37. The lowest BCUT2D eigenvalue weighted by atomic mass is 9.57. The quantitative estimate of drug-likeness (QED) is 0.450. The molecule has 0 aromatic heterocycles. The number of allylic oxidation sites excluding steroid dienone is 2. The average Bonchev–Trinajstić information content (AvgIpc) is 2.52. The van der Waals surface area contributed by atoms with Crippen molar-refractivity contribution in [3.05, 3.63) is 11.6 Å². The minimum absolute atomic E-state index is 0.543. The molecule has 0 aliphatic heterocycles. The van der Waals surface area contributed by atoms with E-state index in [1.165, 1.54) is 57.8 Å². The van der Waals surface area contributed by atoms with Crippen LogP contribution in [-0.2, 0) is 0 Å². The van der Waals surface area contributed by atoms with Gasteiger partial charge in [0.2, 0.25) is 0 Å². The summed E-state index contributed by atoms with van der Waals surface area (Å²) in [6.07, 6.45) is 15.7. The Labute approximate surface area is 126 Å². The second kappa shape index (κ2) is 5.18. The molecular formula is C20H34. The summed E-state index contributed by atoms with van der Waals surface area (Å²) < 4.78 is 0. The van der Waals surface area contributed by atoms with Crippen molar-refractivity contribution in [3.8, 4) is 0 Å². The standard InChI is InChI=1S/C20H34/c1-15-9-12-20(4)17(13-15)10-11-19(3)14-18(20)8-6-5-7-16(19)2/h10,15-16,18H,5-9,11-14H2,1-4H3. The molecule has 0 N–H and O–H groups in total. The predicted molar refractivity (Wildman–Crippen MR) is 87.7 cm³/mol. The van der Waals surface area contributed by atoms with Crippen LogP contribution in [0.3, 0.4) is 0 Å². The van der Waals surface area contributed by atoms with E-state index in [2.05, 4.69) is 33.8 Å². The van der Waals surface area contributed by atoms with Crippen LogP contribution in [0.1, 0.15) is 85.5 Å². The Bertz CT molecular complexity index is 393. The fourth-order valence-electron chi connectivity index (χ4n) is 5.44. The molecule has 0 nitrogen and oxygen atoms in total. The van der Waals surface area contributed by atoms with E-state index in [1.807, 2.05) is 5.57 Å². The number of fused-ring (bicyclic) bond motifs is 4. The second-order valence-corrected chi connectivity index (χ2v) is 8.94. The molecule has 20 heavy (non-hydrogen) atoms. The van der Waals surface area contributed by atoms with Gasteiger partial charge >= 0.3 is 0 Å². The van der Waals surface area contributed by atoms with Gasteiger partial charge in [0, 0.05) is 0 Å². The van der Waals surface area contributed by atoms with Crippen LogP contribution < -0.4 is 0 Å². The van der Waals surface area contributed by atoms with Crippen molar-refractivity contribution < 1.29 is 0 Å². The zero-order valence-corrected chi connectivity index (χ0v) is 14.2. The lowest BCUT2D eigenvalue weighted by Gasteiger charge is -2.47. The van der Waals surface area contributed by atoms with Crippen molar-refractivity contribution in [3.63, 3.8) is 0 Å². The number of hydrogen-bond donors (Lipinski definition) is 0. The summed E-state index contributed by atoms with van der Waals surface area (Å²) in [7, 11) is 0. The van der Waals surface area contributed by atoms with Gasteiger partial charge in [0.1, 0.15) is 0 Å². The van der Waals surface area contributed by atoms with Crippen molar-refractivity contribution in [2.75, 3.05) is 0 Å². The highest BCUT2D eigenvalue weighted by Crippen LogP contribution is 2.58. The molecule has 0 amide bonds. The molecule has 0 heterocycles. The summed E-state index contributed by atoms with van der Waals surface area (Å²) in [6, 6.07) is 0. The second-order valence-electron chi connectivity index (χ2n) is 8.94. The van der Waals surface area contributed by atoms with Crippen molar-refractivity contribution in [1.82, 2.24) is 0 Å². The van der Waals surface area contributed by atoms with Crippen LogP contribution in [0, 0.1) is 28.6 Å². The first-order valence-electron chi connectivity index (χ1n) is 9.13. The molecular weight excluding hydrogens is 240 g/mol. The van der Waals surface area contributed by atoms with Crippen LogP contribution in [0.15, 0.2) is 11.6 Å². The Morgan fingerprint density at radius 2 is 1.80 bits per heavy atom. The first-order chi connectivity index (χ1) is 9.44. The van der Waals surface area contributed by atoms with E-state index in [1.54, 1.807) is 0 Å². The van der Waals surface area contributed by atoms with Crippen molar-refractivity contribution in [2.45, 2.75) is 85.5 Å². The molecule has 0 aromatic rings. The van der Waals surface area contributed by atoms with Crippen LogP contribution in [0.4, 0.5) is 0 Å². The molecule has 5 atom stereocenters. The van der Waals surface area contributed by atoms with Gasteiger partial charge in [-0.05, 0) is 67.1 Å². The van der Waals surface area contributed by atoms with Crippen molar-refractivity contribution in [2.24, 2.45) is 28.6 Å². The number of hydrogen-bond acceptors (Lipinski definition) is 0. The molecule has 0 radical (unpaired) electrons. The molecule has 2 saturated carbocycles. The molecule has 0 spiro atoms. The van der Waals surface area contributed by atoms with Gasteiger partial charge in [-0.1, -0.05) is 58.6 Å². The lowest BCUT2D eigenvalue weighted by molar-refractivity contribution is 0.0654. The maximum absolute atomic E-state index is 2.71. The fraction of sp³-hybridized carbons (Fsp3) is 0.900. The molecule has 114 valence electrons. The van der Waals surface area contributed by atoms with E-state index in [9.17, 15) is 0 Å². The molecule has 5 unspecified atom stereocenters. The monoisotopic (exact) mass is 274 g/mol. The predicted octanol–water partition coefficient (Wildman–Crippen LogP) is 6.37. The maximum atomic E-state index is 2.71. The first-order valence-corrected chi connectivity index (χ1v) is 9.13. The van der Waals surface area contributed by atoms with E-state index >= 15 is 0 Å². The summed E-state index contributed by atoms with van der Waals surface area (Å²) in [5.41, 5.74) is 2.96. The Kier molecular flexibility index (Phi) is 3.80. The molecule has 3 rings (SSSR count). The largest absolute Gasteiger partial charge is 0.0842 e.